The number of hydrogen-bond donors (Lipinski definition) is 2. The molecule has 2 N–H and O–H groups in total. The second kappa shape index (κ2) is 6.87. The monoisotopic (exact) mass is 477 g/mol. The molecule has 3 aromatic carbocycles. The van der Waals surface area contributed by atoms with Crippen molar-refractivity contribution in [3.8, 4) is 16.9 Å². The second-order valence-corrected chi connectivity index (χ2v) is 12.0. The minimum absolute atomic E-state index is 0.0201. The summed E-state index contributed by atoms with van der Waals surface area (Å²) >= 11 is 0. The van der Waals surface area contributed by atoms with Crippen molar-refractivity contribution in [1.29, 1.82) is 0 Å². The van der Waals surface area contributed by atoms with Crippen molar-refractivity contribution in [1.82, 2.24) is 14.9 Å². The van der Waals surface area contributed by atoms with Gasteiger partial charge in [0, 0.05) is 22.0 Å². The first kappa shape index (κ1) is 20.8. The van der Waals surface area contributed by atoms with E-state index in [4.69, 9.17) is 0 Å². The van der Waals surface area contributed by atoms with E-state index in [0.717, 1.165) is 12.1 Å². The maximum atomic E-state index is 15.0. The fourth-order valence-electron chi connectivity index (χ4n) is 4.77. The summed E-state index contributed by atoms with van der Waals surface area (Å²) in [5, 5.41) is 13.3. The quantitative estimate of drug-likeness (QED) is 0.413. The van der Waals surface area contributed by atoms with Gasteiger partial charge in [0.15, 0.2) is 5.82 Å². The molecule has 6 nitrogen and oxygen atoms in total. The average Bonchev–Trinajstić information content (AvgIpc) is 3.26. The number of imidazole rings is 1. The van der Waals surface area contributed by atoms with E-state index in [1.54, 1.807) is 30.3 Å². The van der Waals surface area contributed by atoms with Crippen LogP contribution in [-0.4, -0.2) is 33.9 Å². The van der Waals surface area contributed by atoms with Gasteiger partial charge in [-0.25, -0.2) is 13.8 Å². The van der Waals surface area contributed by atoms with Gasteiger partial charge in [0.2, 0.25) is 0 Å². The van der Waals surface area contributed by atoms with E-state index in [-0.39, 0.29) is 22.5 Å². The Morgan fingerprint density at radius 2 is 1.85 bits per heavy atom. The minimum Gasteiger partial charge on any atom is -0.508 e. The van der Waals surface area contributed by atoms with E-state index in [9.17, 15) is 18.9 Å². The summed E-state index contributed by atoms with van der Waals surface area (Å²) in [5.41, 5.74) is 3.02. The van der Waals surface area contributed by atoms with Gasteiger partial charge in [-0.1, -0.05) is 12.1 Å². The van der Waals surface area contributed by atoms with Crippen LogP contribution in [-0.2, 0) is 4.57 Å². The summed E-state index contributed by atoms with van der Waals surface area (Å²) < 4.78 is 43.9. The van der Waals surface area contributed by atoms with Crippen molar-refractivity contribution < 1.29 is 23.2 Å². The Morgan fingerprint density at radius 1 is 1.06 bits per heavy atom. The molecule has 0 fully saturated rings. The maximum absolute atomic E-state index is 15.0. The number of aromatic hydroxyl groups is 1. The lowest BCUT2D eigenvalue weighted by molar-refractivity contribution is 0.0972. The number of carbonyl (C=O) groups excluding carboxylic acids is 1. The SMILES string of the molecule is CP(C)(=O)c1cc(F)c(-c2ccc3nc4n(c3c2)[C@@H]2C=C4NC(=O)c3cccc(O)c32)cc1F. The zero-order valence-corrected chi connectivity index (χ0v) is 19.0. The standard InChI is InChI=1S/C25H18F2N3O3P/c1-34(2,33)22-10-15(26)14(9-16(22)27)12-6-7-17-19(8-12)30-20-11-18(24(30)28-17)29-25(32)13-4-3-5-21(31)23(13)20/h3-11,20,31H,1-2H3,(H,29,32)/t20-/m1/s1. The number of carbonyl (C=O) groups is 1. The van der Waals surface area contributed by atoms with Crippen molar-refractivity contribution >= 4 is 35.1 Å². The number of nitrogens with zero attached hydrogens (tertiary/aromatic N) is 2. The van der Waals surface area contributed by atoms with Crippen molar-refractivity contribution in [3.63, 3.8) is 0 Å². The van der Waals surface area contributed by atoms with Crippen LogP contribution in [0.1, 0.15) is 27.8 Å². The lowest BCUT2D eigenvalue weighted by Gasteiger charge is -2.19. The number of phenolic OH excluding ortho intramolecular Hbond substituents is 1. The van der Waals surface area contributed by atoms with Crippen molar-refractivity contribution in [3.05, 3.63) is 83.2 Å². The average molecular weight is 477 g/mol. The lowest BCUT2D eigenvalue weighted by Crippen LogP contribution is -2.24. The molecule has 2 bridgehead atoms. The van der Waals surface area contributed by atoms with Crippen LogP contribution in [0.5, 0.6) is 5.75 Å². The van der Waals surface area contributed by atoms with Crippen molar-refractivity contribution in [2.24, 2.45) is 0 Å². The highest BCUT2D eigenvalue weighted by molar-refractivity contribution is 7.70. The van der Waals surface area contributed by atoms with Crippen LogP contribution in [0.15, 0.2) is 54.6 Å². The van der Waals surface area contributed by atoms with Crippen LogP contribution in [0.25, 0.3) is 27.9 Å². The number of rotatable bonds is 2. The Labute approximate surface area is 192 Å². The summed E-state index contributed by atoms with van der Waals surface area (Å²) in [6, 6.07) is 11.4. The normalized spacial score (nSPS) is 16.6. The molecule has 0 unspecified atom stereocenters. The molecule has 2 aliphatic rings. The largest absolute Gasteiger partial charge is 0.508 e. The van der Waals surface area contributed by atoms with Crippen LogP contribution in [0, 0.1) is 11.6 Å². The van der Waals surface area contributed by atoms with Crippen molar-refractivity contribution in [2.45, 2.75) is 6.04 Å². The third-order valence-electron chi connectivity index (χ3n) is 6.33. The van der Waals surface area contributed by atoms with Gasteiger partial charge in [0.25, 0.3) is 5.91 Å². The number of benzene rings is 3. The lowest BCUT2D eigenvalue weighted by atomic mass is 9.99. The van der Waals surface area contributed by atoms with Gasteiger partial charge >= 0.3 is 0 Å². The summed E-state index contributed by atoms with van der Waals surface area (Å²) in [4.78, 5) is 17.3. The smallest absolute Gasteiger partial charge is 0.256 e. The Bertz CT molecular complexity index is 1650. The summed E-state index contributed by atoms with van der Waals surface area (Å²) in [7, 11) is -2.99. The molecule has 2 aliphatic heterocycles. The number of aromatic nitrogens is 2. The molecule has 1 amide bonds. The zero-order valence-electron chi connectivity index (χ0n) is 18.1. The molecule has 1 atom stereocenters. The first-order chi connectivity index (χ1) is 16.1. The molecule has 0 aliphatic carbocycles. The number of amides is 1. The summed E-state index contributed by atoms with van der Waals surface area (Å²) in [6.07, 6.45) is 1.81. The van der Waals surface area contributed by atoms with Crippen LogP contribution >= 0.6 is 7.14 Å². The highest BCUT2D eigenvalue weighted by Crippen LogP contribution is 2.44. The maximum Gasteiger partial charge on any atom is 0.256 e. The summed E-state index contributed by atoms with van der Waals surface area (Å²) in [6.45, 7) is 2.79. The van der Waals surface area contributed by atoms with E-state index < -0.39 is 24.8 Å². The molecule has 1 aromatic heterocycles. The highest BCUT2D eigenvalue weighted by Gasteiger charge is 2.36. The first-order valence-electron chi connectivity index (χ1n) is 10.6. The molecule has 4 aromatic rings. The van der Waals surface area contributed by atoms with Gasteiger partial charge in [-0.05, 0) is 61.4 Å². The Hall–Kier alpha value is -3.77. The van der Waals surface area contributed by atoms with Crippen LogP contribution in [0.3, 0.4) is 0 Å². The third kappa shape index (κ3) is 2.88. The van der Waals surface area contributed by atoms with Crippen molar-refractivity contribution in [2.75, 3.05) is 13.3 Å². The number of phenols is 1. The van der Waals surface area contributed by atoms with Crippen LogP contribution in [0.4, 0.5) is 8.78 Å². The van der Waals surface area contributed by atoms with E-state index in [1.807, 2.05) is 10.6 Å². The predicted octanol–water partition coefficient (Wildman–Crippen LogP) is 4.62. The molecule has 9 heteroatoms. The van der Waals surface area contributed by atoms with Gasteiger partial charge in [-0.3, -0.25) is 4.79 Å². The molecular weight excluding hydrogens is 459 g/mol. The van der Waals surface area contributed by atoms with E-state index in [1.165, 1.54) is 19.4 Å². The Balaban J connectivity index is 1.56. The third-order valence-corrected chi connectivity index (χ3v) is 7.84. The molecule has 0 saturated heterocycles. The van der Waals surface area contributed by atoms with E-state index in [2.05, 4.69) is 10.3 Å². The van der Waals surface area contributed by atoms with Gasteiger partial charge in [-0.15, -0.1) is 0 Å². The molecule has 0 saturated carbocycles. The number of fused-ring (bicyclic) bond motifs is 8. The number of nitrogens with one attached hydrogen (secondary N) is 1. The molecule has 34 heavy (non-hydrogen) atoms. The van der Waals surface area contributed by atoms with Gasteiger partial charge in [-0.2, -0.15) is 0 Å². The summed E-state index contributed by atoms with van der Waals surface area (Å²) in [5.74, 6) is -1.23. The molecule has 0 radical (unpaired) electrons. The minimum atomic E-state index is -2.99. The molecule has 170 valence electrons. The van der Waals surface area contributed by atoms with Crippen LogP contribution in [0.2, 0.25) is 0 Å². The van der Waals surface area contributed by atoms with Crippen LogP contribution < -0.4 is 10.6 Å². The molecule has 0 spiro atoms. The molecular formula is C25H18F2N3O3P. The van der Waals surface area contributed by atoms with E-state index in [0.29, 0.717) is 39.2 Å². The van der Waals surface area contributed by atoms with Gasteiger partial charge in [0.1, 0.15) is 24.5 Å². The Morgan fingerprint density at radius 3 is 2.62 bits per heavy atom. The number of halogens is 2. The first-order valence-corrected chi connectivity index (χ1v) is 13.2. The second-order valence-electron chi connectivity index (χ2n) is 8.86. The predicted molar refractivity (Wildman–Crippen MR) is 126 cm³/mol. The fraction of sp³-hybridized carbons (Fsp3) is 0.120. The topological polar surface area (TPSA) is 84.2 Å². The Kier molecular flexibility index (Phi) is 4.20. The van der Waals surface area contributed by atoms with E-state index >= 15 is 4.39 Å². The highest BCUT2D eigenvalue weighted by atomic mass is 31.2. The zero-order chi connectivity index (χ0) is 23.9. The van der Waals surface area contributed by atoms with Gasteiger partial charge in [0.05, 0.1) is 22.8 Å². The fourth-order valence-corrected chi connectivity index (χ4v) is 5.77. The molecule has 3 heterocycles. The number of hydrogen-bond acceptors (Lipinski definition) is 4. The number of allylic oxidation sites excluding steroid dienone is 1. The molecule has 6 rings (SSSR count). The van der Waals surface area contributed by atoms with Gasteiger partial charge < -0.3 is 19.6 Å².